The molecule has 2 nitrogen and oxygen atoms in total. The van der Waals surface area contributed by atoms with Crippen molar-refractivity contribution in [1.82, 2.24) is 0 Å². The first-order valence-corrected chi connectivity index (χ1v) is 3.99. The molecular formula is C8H12O2. The first-order valence-electron chi connectivity index (χ1n) is 3.99. The van der Waals surface area contributed by atoms with Crippen LogP contribution in [0.1, 0.15) is 26.2 Å². The third-order valence-electron chi connectivity index (χ3n) is 2.53. The minimum atomic E-state index is 0.0165. The van der Waals surface area contributed by atoms with Crippen molar-refractivity contribution < 1.29 is 9.53 Å². The Bertz CT molecular complexity index is 165. The third-order valence-corrected chi connectivity index (χ3v) is 2.53. The van der Waals surface area contributed by atoms with Crippen LogP contribution < -0.4 is 0 Å². The van der Waals surface area contributed by atoms with Crippen LogP contribution in [0.2, 0.25) is 0 Å². The van der Waals surface area contributed by atoms with Crippen LogP contribution in [0.4, 0.5) is 0 Å². The van der Waals surface area contributed by atoms with Crippen LogP contribution in [0.25, 0.3) is 0 Å². The Kier molecular flexibility index (Phi) is 1.31. The number of hydrogen-bond donors (Lipinski definition) is 0. The van der Waals surface area contributed by atoms with Crippen molar-refractivity contribution in [3.05, 3.63) is 0 Å². The van der Waals surface area contributed by atoms with Gasteiger partial charge in [-0.25, -0.2) is 0 Å². The molecule has 1 heterocycles. The van der Waals surface area contributed by atoms with E-state index in [-0.39, 0.29) is 6.10 Å². The predicted octanol–water partition coefficient (Wildman–Crippen LogP) is 1.14. The molecule has 56 valence electrons. The molecule has 0 N–H and O–H groups in total. The lowest BCUT2D eigenvalue weighted by Gasteiger charge is -2.14. The standard InChI is InChI=1S/C8H12O2/c1-2-5-3-6(9)8-7(4-5)10-8/h5,7-8H,2-4H2,1H3. The zero-order valence-electron chi connectivity index (χ0n) is 6.17. The van der Waals surface area contributed by atoms with Gasteiger partial charge in [0.15, 0.2) is 5.78 Å². The van der Waals surface area contributed by atoms with Crippen molar-refractivity contribution in [2.45, 2.75) is 38.4 Å². The molecule has 0 radical (unpaired) electrons. The summed E-state index contributed by atoms with van der Waals surface area (Å²) in [5, 5.41) is 0. The SMILES string of the molecule is CCC1CC(=O)C2OC2C1. The Morgan fingerprint density at radius 3 is 3.10 bits per heavy atom. The molecule has 0 aromatic heterocycles. The summed E-state index contributed by atoms with van der Waals surface area (Å²) in [5.41, 5.74) is 0. The van der Waals surface area contributed by atoms with E-state index in [0.29, 0.717) is 17.8 Å². The topological polar surface area (TPSA) is 29.6 Å². The molecule has 0 amide bonds. The Balaban J connectivity index is 1.99. The van der Waals surface area contributed by atoms with Crippen LogP contribution >= 0.6 is 0 Å². The number of hydrogen-bond acceptors (Lipinski definition) is 2. The minimum absolute atomic E-state index is 0.0165. The summed E-state index contributed by atoms with van der Waals surface area (Å²) in [7, 11) is 0. The Labute approximate surface area is 60.6 Å². The van der Waals surface area contributed by atoms with Gasteiger partial charge in [0.1, 0.15) is 6.10 Å². The van der Waals surface area contributed by atoms with Crippen LogP contribution in [0, 0.1) is 5.92 Å². The second-order valence-corrected chi connectivity index (χ2v) is 3.28. The zero-order valence-corrected chi connectivity index (χ0v) is 6.17. The van der Waals surface area contributed by atoms with Gasteiger partial charge in [0.2, 0.25) is 0 Å². The number of carbonyl (C=O) groups excluding carboxylic acids is 1. The first kappa shape index (κ1) is 6.35. The summed E-state index contributed by atoms with van der Waals surface area (Å²) in [5.74, 6) is 0.944. The molecule has 0 aromatic carbocycles. The maximum atomic E-state index is 11.1. The fraction of sp³-hybridized carbons (Fsp3) is 0.875. The van der Waals surface area contributed by atoms with Gasteiger partial charge in [-0.1, -0.05) is 13.3 Å². The highest BCUT2D eigenvalue weighted by atomic mass is 16.6. The van der Waals surface area contributed by atoms with Crippen molar-refractivity contribution in [1.29, 1.82) is 0 Å². The van der Waals surface area contributed by atoms with Crippen molar-refractivity contribution in [2.24, 2.45) is 5.92 Å². The van der Waals surface area contributed by atoms with Crippen molar-refractivity contribution in [2.75, 3.05) is 0 Å². The summed E-state index contributed by atoms with van der Waals surface area (Å²) in [4.78, 5) is 11.1. The highest BCUT2D eigenvalue weighted by molar-refractivity contribution is 5.87. The van der Waals surface area contributed by atoms with E-state index in [4.69, 9.17) is 4.74 Å². The lowest BCUT2D eigenvalue weighted by Crippen LogP contribution is -2.22. The predicted molar refractivity (Wildman–Crippen MR) is 36.7 cm³/mol. The molecule has 1 saturated carbocycles. The molecule has 2 aliphatic rings. The van der Waals surface area contributed by atoms with Gasteiger partial charge in [0, 0.05) is 6.42 Å². The van der Waals surface area contributed by atoms with Crippen LogP contribution in [-0.2, 0) is 9.53 Å². The van der Waals surface area contributed by atoms with E-state index in [9.17, 15) is 4.79 Å². The van der Waals surface area contributed by atoms with Crippen molar-refractivity contribution >= 4 is 5.78 Å². The molecule has 2 heteroatoms. The van der Waals surface area contributed by atoms with Crippen molar-refractivity contribution in [3.63, 3.8) is 0 Å². The number of epoxide rings is 1. The van der Waals surface area contributed by atoms with E-state index in [2.05, 4.69) is 6.92 Å². The molecule has 0 aromatic rings. The second kappa shape index (κ2) is 2.06. The van der Waals surface area contributed by atoms with Gasteiger partial charge < -0.3 is 4.74 Å². The van der Waals surface area contributed by atoms with E-state index in [1.54, 1.807) is 0 Å². The average molecular weight is 140 g/mol. The van der Waals surface area contributed by atoms with E-state index in [0.717, 1.165) is 19.3 Å². The van der Waals surface area contributed by atoms with Crippen LogP contribution in [0.5, 0.6) is 0 Å². The highest BCUT2D eigenvalue weighted by Gasteiger charge is 2.49. The largest absolute Gasteiger partial charge is 0.361 e. The summed E-state index contributed by atoms with van der Waals surface area (Å²) in [6.45, 7) is 2.14. The molecule has 0 bridgehead atoms. The Morgan fingerprint density at radius 2 is 2.50 bits per heavy atom. The molecule has 1 aliphatic carbocycles. The fourth-order valence-electron chi connectivity index (χ4n) is 1.73. The highest BCUT2D eigenvalue weighted by Crippen LogP contribution is 2.38. The second-order valence-electron chi connectivity index (χ2n) is 3.28. The number of carbonyl (C=O) groups is 1. The van der Waals surface area contributed by atoms with E-state index >= 15 is 0 Å². The molecule has 0 spiro atoms. The lowest BCUT2D eigenvalue weighted by atomic mass is 9.87. The number of fused-ring (bicyclic) bond motifs is 1. The summed E-state index contributed by atoms with van der Waals surface area (Å²) < 4.78 is 5.17. The number of ketones is 1. The number of rotatable bonds is 1. The van der Waals surface area contributed by atoms with Gasteiger partial charge in [0.25, 0.3) is 0 Å². The first-order chi connectivity index (χ1) is 4.81. The number of ether oxygens (including phenoxy) is 1. The third kappa shape index (κ3) is 0.870. The van der Waals surface area contributed by atoms with E-state index < -0.39 is 0 Å². The molecule has 3 unspecified atom stereocenters. The summed E-state index contributed by atoms with van der Waals surface area (Å²) in [6, 6.07) is 0. The normalized spacial score (nSPS) is 44.9. The molecule has 3 atom stereocenters. The average Bonchev–Trinajstić information content (AvgIpc) is 2.66. The molecular weight excluding hydrogens is 128 g/mol. The van der Waals surface area contributed by atoms with Crippen LogP contribution in [-0.4, -0.2) is 18.0 Å². The Morgan fingerprint density at radius 1 is 1.70 bits per heavy atom. The van der Waals surface area contributed by atoms with Gasteiger partial charge >= 0.3 is 0 Å². The van der Waals surface area contributed by atoms with Crippen LogP contribution in [0.15, 0.2) is 0 Å². The van der Waals surface area contributed by atoms with Gasteiger partial charge in [-0.15, -0.1) is 0 Å². The molecule has 1 aliphatic heterocycles. The summed E-state index contributed by atoms with van der Waals surface area (Å²) >= 11 is 0. The Hall–Kier alpha value is -0.370. The van der Waals surface area contributed by atoms with Gasteiger partial charge in [-0.2, -0.15) is 0 Å². The van der Waals surface area contributed by atoms with Crippen molar-refractivity contribution in [3.8, 4) is 0 Å². The molecule has 1 saturated heterocycles. The van der Waals surface area contributed by atoms with Gasteiger partial charge in [0.05, 0.1) is 6.10 Å². The maximum Gasteiger partial charge on any atom is 0.164 e. The van der Waals surface area contributed by atoms with E-state index in [1.807, 2.05) is 0 Å². The lowest BCUT2D eigenvalue weighted by molar-refractivity contribution is -0.121. The fourth-order valence-corrected chi connectivity index (χ4v) is 1.73. The smallest absolute Gasteiger partial charge is 0.164 e. The molecule has 10 heavy (non-hydrogen) atoms. The van der Waals surface area contributed by atoms with Crippen LogP contribution in [0.3, 0.4) is 0 Å². The molecule has 2 fully saturated rings. The van der Waals surface area contributed by atoms with Gasteiger partial charge in [-0.3, -0.25) is 4.79 Å². The minimum Gasteiger partial charge on any atom is -0.361 e. The quantitative estimate of drug-likeness (QED) is 0.511. The molecule has 2 rings (SSSR count). The zero-order chi connectivity index (χ0) is 7.14. The monoisotopic (exact) mass is 140 g/mol. The van der Waals surface area contributed by atoms with E-state index in [1.165, 1.54) is 0 Å². The summed E-state index contributed by atoms with van der Waals surface area (Å²) in [6.07, 6.45) is 3.33. The maximum absolute atomic E-state index is 11.1. The number of Topliss-reactive ketones (excluding diaryl/α,β-unsaturated/α-hetero) is 1. The van der Waals surface area contributed by atoms with Gasteiger partial charge in [-0.05, 0) is 12.3 Å².